The average molecular weight is 310 g/mol. The Bertz CT molecular complexity index is 755. The summed E-state index contributed by atoms with van der Waals surface area (Å²) in [7, 11) is 0. The molecule has 1 heterocycles. The number of ether oxygens (including phenoxy) is 1. The summed E-state index contributed by atoms with van der Waals surface area (Å²) in [5.41, 5.74) is 5.11. The fourth-order valence-corrected chi connectivity index (χ4v) is 2.75. The predicted octanol–water partition coefficient (Wildman–Crippen LogP) is 4.43. The highest BCUT2D eigenvalue weighted by Crippen LogP contribution is 2.34. The molecule has 1 aliphatic rings. The van der Waals surface area contributed by atoms with Crippen molar-refractivity contribution >= 4 is 17.4 Å². The van der Waals surface area contributed by atoms with Crippen molar-refractivity contribution in [3.63, 3.8) is 0 Å². The molecule has 23 heavy (non-hydrogen) atoms. The Morgan fingerprint density at radius 2 is 1.91 bits per heavy atom. The Morgan fingerprint density at radius 3 is 2.65 bits per heavy atom. The van der Waals surface area contributed by atoms with Crippen LogP contribution in [0, 0.1) is 20.8 Å². The molecule has 0 saturated heterocycles. The van der Waals surface area contributed by atoms with Crippen molar-refractivity contribution in [1.82, 2.24) is 0 Å². The highest BCUT2D eigenvalue weighted by Gasteiger charge is 2.27. The van der Waals surface area contributed by atoms with E-state index in [4.69, 9.17) is 4.74 Å². The van der Waals surface area contributed by atoms with Gasteiger partial charge in [0, 0.05) is 5.69 Å². The summed E-state index contributed by atoms with van der Waals surface area (Å²) in [5.74, 6) is 0.754. The monoisotopic (exact) mass is 310 g/mol. The van der Waals surface area contributed by atoms with Gasteiger partial charge in [-0.2, -0.15) is 0 Å². The molecule has 120 valence electrons. The fraction of sp³-hybridized carbons (Fsp3) is 0.316. The number of anilines is 2. The second kappa shape index (κ2) is 5.95. The minimum absolute atomic E-state index is 0.0317. The summed E-state index contributed by atoms with van der Waals surface area (Å²) < 4.78 is 5.83. The molecule has 0 fully saturated rings. The largest absolute Gasteiger partial charge is 0.487 e. The van der Waals surface area contributed by atoms with Gasteiger partial charge < -0.3 is 10.1 Å². The third-order valence-corrected chi connectivity index (χ3v) is 4.18. The Balaban J connectivity index is 1.87. The minimum Gasteiger partial charge on any atom is -0.487 e. The predicted molar refractivity (Wildman–Crippen MR) is 93.5 cm³/mol. The number of hydrogen-bond donors (Lipinski definition) is 1. The van der Waals surface area contributed by atoms with Gasteiger partial charge in [0.25, 0.3) is 0 Å². The third kappa shape index (κ3) is 3.16. The van der Waals surface area contributed by atoms with Crippen LogP contribution < -0.4 is 15.0 Å². The number of carbonyl (C=O) groups is 1. The van der Waals surface area contributed by atoms with Crippen LogP contribution in [0.15, 0.2) is 36.4 Å². The molecule has 4 nitrogen and oxygen atoms in total. The second-order valence-electron chi connectivity index (χ2n) is 6.24. The highest BCUT2D eigenvalue weighted by molar-refractivity contribution is 6.03. The number of aryl methyl sites for hydroxylation is 3. The van der Waals surface area contributed by atoms with Crippen molar-refractivity contribution in [2.75, 3.05) is 16.8 Å². The van der Waals surface area contributed by atoms with Crippen molar-refractivity contribution in [2.45, 2.75) is 33.8 Å². The highest BCUT2D eigenvalue weighted by atomic mass is 16.5. The summed E-state index contributed by atoms with van der Waals surface area (Å²) in [6, 6.07) is 11.7. The molecule has 1 N–H and O–H groups in total. The van der Waals surface area contributed by atoms with Crippen molar-refractivity contribution in [3.05, 3.63) is 53.1 Å². The van der Waals surface area contributed by atoms with E-state index in [0.29, 0.717) is 6.54 Å². The molecular weight excluding hydrogens is 288 g/mol. The molecule has 2 aromatic carbocycles. The van der Waals surface area contributed by atoms with Gasteiger partial charge in [-0.1, -0.05) is 12.1 Å². The number of carbonyl (C=O) groups excluding carboxylic acids is 1. The smallest absolute Gasteiger partial charge is 0.326 e. The number of amides is 2. The first-order valence-corrected chi connectivity index (χ1v) is 7.87. The van der Waals surface area contributed by atoms with Crippen molar-refractivity contribution in [3.8, 4) is 5.75 Å². The number of urea groups is 1. The SMILES string of the molecule is Cc1ccc2c(c1)N(C(=O)Nc1ccc(C)c(C)c1)C[C@H](C)O2. The minimum atomic E-state index is -0.129. The molecule has 0 bridgehead atoms. The Hall–Kier alpha value is -2.49. The third-order valence-electron chi connectivity index (χ3n) is 4.18. The lowest BCUT2D eigenvalue weighted by molar-refractivity contribution is 0.208. The zero-order valence-corrected chi connectivity index (χ0v) is 14.0. The summed E-state index contributed by atoms with van der Waals surface area (Å²) in [6.45, 7) is 8.62. The van der Waals surface area contributed by atoms with E-state index >= 15 is 0 Å². The van der Waals surface area contributed by atoms with Crippen LogP contribution in [0.1, 0.15) is 23.6 Å². The molecule has 0 aromatic heterocycles. The van der Waals surface area contributed by atoms with Crippen LogP contribution in [0.2, 0.25) is 0 Å². The molecule has 0 spiro atoms. The Kier molecular flexibility index (Phi) is 3.99. The first kappa shape index (κ1) is 15.4. The number of nitrogens with zero attached hydrogens (tertiary/aromatic N) is 1. The summed E-state index contributed by atoms with van der Waals surface area (Å²) in [4.78, 5) is 14.5. The Labute approximate surface area is 137 Å². The van der Waals surface area contributed by atoms with E-state index in [9.17, 15) is 4.79 Å². The summed E-state index contributed by atoms with van der Waals surface area (Å²) >= 11 is 0. The van der Waals surface area contributed by atoms with Crippen molar-refractivity contribution in [2.24, 2.45) is 0 Å². The molecule has 2 aromatic rings. The topological polar surface area (TPSA) is 41.6 Å². The van der Waals surface area contributed by atoms with Crippen LogP contribution in [-0.4, -0.2) is 18.7 Å². The maximum atomic E-state index is 12.7. The fourth-order valence-electron chi connectivity index (χ4n) is 2.75. The molecule has 0 aliphatic carbocycles. The van der Waals surface area contributed by atoms with Gasteiger partial charge in [-0.25, -0.2) is 4.79 Å². The lowest BCUT2D eigenvalue weighted by Crippen LogP contribution is -2.44. The van der Waals surface area contributed by atoms with Gasteiger partial charge in [-0.3, -0.25) is 4.90 Å². The first-order chi connectivity index (χ1) is 10.9. The van der Waals surface area contributed by atoms with Gasteiger partial charge in [0.2, 0.25) is 0 Å². The number of rotatable bonds is 1. The number of fused-ring (bicyclic) bond motifs is 1. The molecule has 0 unspecified atom stereocenters. The van der Waals surface area contributed by atoms with Crippen LogP contribution in [-0.2, 0) is 0 Å². The normalized spacial score (nSPS) is 16.5. The number of hydrogen-bond acceptors (Lipinski definition) is 2. The molecule has 2 amide bonds. The van der Waals surface area contributed by atoms with Crippen LogP contribution in [0.5, 0.6) is 5.75 Å². The standard InChI is InChI=1S/C19H22N2O2/c1-12-5-8-18-17(9-12)21(11-15(4)23-18)19(22)20-16-7-6-13(2)14(3)10-16/h5-10,15H,11H2,1-4H3,(H,20,22)/t15-/m0/s1. The summed E-state index contributed by atoms with van der Waals surface area (Å²) in [5, 5.41) is 2.99. The van der Waals surface area contributed by atoms with Gasteiger partial charge in [-0.05, 0) is 68.7 Å². The lowest BCUT2D eigenvalue weighted by atomic mass is 10.1. The lowest BCUT2D eigenvalue weighted by Gasteiger charge is -2.33. The van der Waals surface area contributed by atoms with E-state index in [2.05, 4.69) is 12.2 Å². The molecule has 0 radical (unpaired) electrons. The van der Waals surface area contributed by atoms with Crippen molar-refractivity contribution < 1.29 is 9.53 Å². The van der Waals surface area contributed by atoms with E-state index in [0.717, 1.165) is 28.3 Å². The van der Waals surface area contributed by atoms with Gasteiger partial charge >= 0.3 is 6.03 Å². The maximum absolute atomic E-state index is 12.7. The molecular formula is C19H22N2O2. The van der Waals surface area contributed by atoms with Crippen LogP contribution in [0.25, 0.3) is 0 Å². The van der Waals surface area contributed by atoms with E-state index < -0.39 is 0 Å². The van der Waals surface area contributed by atoms with E-state index in [-0.39, 0.29) is 12.1 Å². The molecule has 3 rings (SSSR count). The molecule has 4 heteroatoms. The summed E-state index contributed by atoms with van der Waals surface area (Å²) in [6.07, 6.45) is -0.0317. The first-order valence-electron chi connectivity index (χ1n) is 7.87. The van der Waals surface area contributed by atoms with Gasteiger partial charge in [-0.15, -0.1) is 0 Å². The van der Waals surface area contributed by atoms with E-state index in [1.807, 2.05) is 57.2 Å². The Morgan fingerprint density at radius 1 is 1.13 bits per heavy atom. The van der Waals surface area contributed by atoms with Crippen LogP contribution in [0.3, 0.4) is 0 Å². The molecule has 1 aliphatic heterocycles. The zero-order valence-electron chi connectivity index (χ0n) is 14.0. The zero-order chi connectivity index (χ0) is 16.6. The quantitative estimate of drug-likeness (QED) is 0.846. The second-order valence-corrected chi connectivity index (χ2v) is 6.24. The van der Waals surface area contributed by atoms with Gasteiger partial charge in [0.05, 0.1) is 12.2 Å². The van der Waals surface area contributed by atoms with E-state index in [1.54, 1.807) is 4.90 Å². The molecule has 1 atom stereocenters. The van der Waals surface area contributed by atoms with Crippen LogP contribution in [0.4, 0.5) is 16.2 Å². The molecule has 0 saturated carbocycles. The average Bonchev–Trinajstić information content (AvgIpc) is 2.50. The van der Waals surface area contributed by atoms with Gasteiger partial charge in [0.1, 0.15) is 11.9 Å². The van der Waals surface area contributed by atoms with Crippen molar-refractivity contribution in [1.29, 1.82) is 0 Å². The van der Waals surface area contributed by atoms with Gasteiger partial charge in [0.15, 0.2) is 0 Å². The van der Waals surface area contributed by atoms with E-state index in [1.165, 1.54) is 5.56 Å². The maximum Gasteiger partial charge on any atom is 0.326 e. The number of nitrogens with one attached hydrogen (secondary N) is 1. The number of benzene rings is 2. The van der Waals surface area contributed by atoms with Crippen LogP contribution >= 0.6 is 0 Å².